The molecule has 4 unspecified atom stereocenters. The van der Waals surface area contributed by atoms with Crippen molar-refractivity contribution < 1.29 is 0 Å². The maximum atomic E-state index is 3.80. The van der Waals surface area contributed by atoms with Crippen molar-refractivity contribution in [3.8, 4) is 0 Å². The highest BCUT2D eigenvalue weighted by Crippen LogP contribution is 2.35. The number of likely N-dealkylation sites (N-methyl/N-ethyl adjacent to an activating group) is 1. The molecule has 0 aromatic rings. The van der Waals surface area contributed by atoms with E-state index in [-0.39, 0.29) is 0 Å². The molecule has 1 rings (SSSR count). The van der Waals surface area contributed by atoms with Gasteiger partial charge < -0.3 is 10.2 Å². The Kier molecular flexibility index (Phi) is 6.13. The van der Waals surface area contributed by atoms with Crippen molar-refractivity contribution in [3.63, 3.8) is 0 Å². The van der Waals surface area contributed by atoms with E-state index in [1.54, 1.807) is 0 Å². The lowest BCUT2D eigenvalue weighted by molar-refractivity contribution is 0.0707. The largest absolute Gasteiger partial charge is 0.312 e. The van der Waals surface area contributed by atoms with E-state index in [9.17, 15) is 0 Å². The third-order valence-corrected chi connectivity index (χ3v) is 5.27. The third-order valence-electron chi connectivity index (χ3n) is 5.27. The van der Waals surface area contributed by atoms with E-state index < -0.39 is 0 Å². The van der Waals surface area contributed by atoms with Crippen LogP contribution in [0.2, 0.25) is 0 Å². The molecule has 108 valence electrons. The molecule has 1 fully saturated rings. The molecule has 0 aromatic carbocycles. The molecular formula is C16H34N2. The Bertz CT molecular complexity index is 239. The van der Waals surface area contributed by atoms with Crippen LogP contribution in [0.5, 0.6) is 0 Å². The molecule has 1 N–H and O–H groups in total. The minimum absolute atomic E-state index is 0.388. The topological polar surface area (TPSA) is 15.3 Å². The molecule has 2 nitrogen and oxygen atoms in total. The van der Waals surface area contributed by atoms with E-state index >= 15 is 0 Å². The van der Waals surface area contributed by atoms with Crippen LogP contribution in [0.4, 0.5) is 0 Å². The number of hydrogen-bond acceptors (Lipinski definition) is 2. The van der Waals surface area contributed by atoms with Gasteiger partial charge in [-0.3, -0.25) is 0 Å². The highest BCUT2D eigenvalue weighted by molar-refractivity contribution is 4.95. The lowest BCUT2D eigenvalue weighted by Crippen LogP contribution is -2.55. The summed E-state index contributed by atoms with van der Waals surface area (Å²) in [6.45, 7) is 10.5. The fourth-order valence-corrected chi connectivity index (χ4v) is 3.26. The van der Waals surface area contributed by atoms with Crippen LogP contribution in [0, 0.1) is 11.8 Å². The standard InChI is InChI=1S/C16H34N2/c1-7-14(3)15(4)17-12-16(18(5)6)10-8-9-13(2)11-16/h13-15,17H,7-12H2,1-6H3. The molecular weight excluding hydrogens is 220 g/mol. The second-order valence-corrected chi connectivity index (χ2v) is 6.88. The van der Waals surface area contributed by atoms with Gasteiger partial charge in [-0.1, -0.05) is 40.0 Å². The van der Waals surface area contributed by atoms with Crippen LogP contribution in [0.25, 0.3) is 0 Å². The van der Waals surface area contributed by atoms with E-state index in [0.29, 0.717) is 11.6 Å². The molecule has 0 amide bonds. The zero-order valence-electron chi connectivity index (χ0n) is 13.4. The average molecular weight is 254 g/mol. The molecule has 0 radical (unpaired) electrons. The first-order chi connectivity index (χ1) is 8.41. The van der Waals surface area contributed by atoms with Crippen LogP contribution in [-0.2, 0) is 0 Å². The lowest BCUT2D eigenvalue weighted by Gasteiger charge is -2.46. The van der Waals surface area contributed by atoms with Gasteiger partial charge in [-0.05, 0) is 45.7 Å². The molecule has 1 aliphatic rings. The number of nitrogens with zero attached hydrogens (tertiary/aromatic N) is 1. The van der Waals surface area contributed by atoms with Crippen molar-refractivity contribution in [3.05, 3.63) is 0 Å². The summed E-state index contributed by atoms with van der Waals surface area (Å²) in [5, 5.41) is 3.80. The predicted octanol–water partition coefficient (Wildman–Crippen LogP) is 3.52. The molecule has 4 atom stereocenters. The normalized spacial score (nSPS) is 32.5. The molecule has 1 saturated carbocycles. The number of nitrogens with one attached hydrogen (secondary N) is 1. The fourth-order valence-electron chi connectivity index (χ4n) is 3.26. The number of hydrogen-bond donors (Lipinski definition) is 1. The summed E-state index contributed by atoms with van der Waals surface area (Å²) in [6, 6.07) is 0.629. The maximum absolute atomic E-state index is 3.80. The van der Waals surface area contributed by atoms with Gasteiger partial charge in [-0.15, -0.1) is 0 Å². The van der Waals surface area contributed by atoms with Gasteiger partial charge in [0.25, 0.3) is 0 Å². The Labute approximate surface area is 115 Å². The summed E-state index contributed by atoms with van der Waals surface area (Å²) in [4.78, 5) is 2.47. The lowest BCUT2D eigenvalue weighted by atomic mass is 9.75. The number of rotatable bonds is 6. The third kappa shape index (κ3) is 3.96. The summed E-state index contributed by atoms with van der Waals surface area (Å²) in [5.74, 6) is 1.65. The Morgan fingerprint density at radius 2 is 2.00 bits per heavy atom. The molecule has 0 aromatic heterocycles. The van der Waals surface area contributed by atoms with Crippen LogP contribution < -0.4 is 5.32 Å². The summed E-state index contributed by atoms with van der Waals surface area (Å²) in [6.07, 6.45) is 6.76. The van der Waals surface area contributed by atoms with E-state index in [2.05, 4.69) is 52.0 Å². The SMILES string of the molecule is CCC(C)C(C)NCC1(N(C)C)CCCC(C)C1. The van der Waals surface area contributed by atoms with Crippen LogP contribution in [0.15, 0.2) is 0 Å². The molecule has 0 saturated heterocycles. The summed E-state index contributed by atoms with van der Waals surface area (Å²) >= 11 is 0. The van der Waals surface area contributed by atoms with Gasteiger partial charge in [-0.2, -0.15) is 0 Å². The first-order valence-electron chi connectivity index (χ1n) is 7.82. The van der Waals surface area contributed by atoms with Crippen molar-refractivity contribution in [2.45, 2.75) is 71.4 Å². The summed E-state index contributed by atoms with van der Waals surface area (Å²) in [5.41, 5.74) is 0.388. The average Bonchev–Trinajstić information content (AvgIpc) is 2.34. The Balaban J connectivity index is 2.58. The molecule has 0 spiro atoms. The minimum Gasteiger partial charge on any atom is -0.312 e. The van der Waals surface area contributed by atoms with Gasteiger partial charge in [0.05, 0.1) is 0 Å². The van der Waals surface area contributed by atoms with Gasteiger partial charge in [-0.25, -0.2) is 0 Å². The molecule has 1 aliphatic carbocycles. The van der Waals surface area contributed by atoms with Gasteiger partial charge in [0.15, 0.2) is 0 Å². The second-order valence-electron chi connectivity index (χ2n) is 6.88. The van der Waals surface area contributed by atoms with Gasteiger partial charge >= 0.3 is 0 Å². The first-order valence-corrected chi connectivity index (χ1v) is 7.82. The monoisotopic (exact) mass is 254 g/mol. The van der Waals surface area contributed by atoms with Gasteiger partial charge in [0.1, 0.15) is 0 Å². The van der Waals surface area contributed by atoms with Crippen LogP contribution in [-0.4, -0.2) is 37.1 Å². The fraction of sp³-hybridized carbons (Fsp3) is 1.00. The van der Waals surface area contributed by atoms with Crippen molar-refractivity contribution in [2.24, 2.45) is 11.8 Å². The molecule has 2 heteroatoms. The Morgan fingerprint density at radius 3 is 2.50 bits per heavy atom. The smallest absolute Gasteiger partial charge is 0.0330 e. The van der Waals surface area contributed by atoms with Crippen LogP contribution >= 0.6 is 0 Å². The quantitative estimate of drug-likeness (QED) is 0.780. The van der Waals surface area contributed by atoms with Crippen molar-refractivity contribution in [1.29, 1.82) is 0 Å². The van der Waals surface area contributed by atoms with E-state index in [1.807, 2.05) is 0 Å². The Morgan fingerprint density at radius 1 is 1.33 bits per heavy atom. The molecule has 0 heterocycles. The minimum atomic E-state index is 0.388. The zero-order valence-corrected chi connectivity index (χ0v) is 13.4. The van der Waals surface area contributed by atoms with Gasteiger partial charge in [0, 0.05) is 18.1 Å². The molecule has 0 bridgehead atoms. The van der Waals surface area contributed by atoms with Gasteiger partial charge in [0.2, 0.25) is 0 Å². The predicted molar refractivity (Wildman–Crippen MR) is 81.0 cm³/mol. The van der Waals surface area contributed by atoms with Crippen molar-refractivity contribution in [2.75, 3.05) is 20.6 Å². The zero-order chi connectivity index (χ0) is 13.8. The van der Waals surface area contributed by atoms with Crippen molar-refractivity contribution >= 4 is 0 Å². The maximum Gasteiger partial charge on any atom is 0.0330 e. The highest BCUT2D eigenvalue weighted by Gasteiger charge is 2.36. The van der Waals surface area contributed by atoms with E-state index in [0.717, 1.165) is 18.4 Å². The van der Waals surface area contributed by atoms with E-state index in [1.165, 1.54) is 32.1 Å². The summed E-state index contributed by atoms with van der Waals surface area (Å²) in [7, 11) is 4.52. The molecule has 18 heavy (non-hydrogen) atoms. The second kappa shape index (κ2) is 6.91. The first kappa shape index (κ1) is 16.0. The molecule has 0 aliphatic heterocycles. The van der Waals surface area contributed by atoms with Crippen LogP contribution in [0.3, 0.4) is 0 Å². The Hall–Kier alpha value is -0.0800. The highest BCUT2D eigenvalue weighted by atomic mass is 15.2. The van der Waals surface area contributed by atoms with Crippen LogP contribution in [0.1, 0.15) is 59.8 Å². The van der Waals surface area contributed by atoms with Crippen molar-refractivity contribution in [1.82, 2.24) is 10.2 Å². The summed E-state index contributed by atoms with van der Waals surface area (Å²) < 4.78 is 0. The van der Waals surface area contributed by atoms with E-state index in [4.69, 9.17) is 0 Å².